The lowest BCUT2D eigenvalue weighted by atomic mass is 10.2. The Morgan fingerprint density at radius 1 is 0.930 bits per heavy atom. The van der Waals surface area contributed by atoms with Crippen molar-refractivity contribution in [2.75, 3.05) is 32.8 Å². The first kappa shape index (κ1) is 29.1. The monoisotopic (exact) mass is 588 g/mol. The fourth-order valence-corrected chi connectivity index (χ4v) is 4.27. The molecule has 0 saturated carbocycles. The van der Waals surface area contributed by atoms with Gasteiger partial charge in [0.25, 0.3) is 17.3 Å². The summed E-state index contributed by atoms with van der Waals surface area (Å²) >= 11 is 0. The Morgan fingerprint density at radius 3 is 2.44 bits per heavy atom. The Kier molecular flexibility index (Phi) is 8.58. The molecule has 0 atom stereocenters. The van der Waals surface area contributed by atoms with Gasteiger partial charge in [0.15, 0.2) is 23.1 Å². The molecule has 43 heavy (non-hydrogen) atoms. The summed E-state index contributed by atoms with van der Waals surface area (Å²) in [5, 5.41) is 2.54. The number of fused-ring (bicyclic) bond motifs is 1. The number of ether oxygens (including phenoxy) is 4. The number of carbonyl (C=O) groups excluding carboxylic acids is 1. The number of hydrogen-bond donors (Lipinski definition) is 1. The zero-order valence-corrected chi connectivity index (χ0v) is 23.4. The Bertz CT molecular complexity index is 1860. The van der Waals surface area contributed by atoms with Crippen LogP contribution in [0.4, 0.5) is 14.5 Å². The van der Waals surface area contributed by atoms with E-state index in [1.165, 1.54) is 66.4 Å². The summed E-state index contributed by atoms with van der Waals surface area (Å²) < 4.78 is 51.7. The van der Waals surface area contributed by atoms with Crippen molar-refractivity contribution in [2.24, 2.45) is 0 Å². The smallest absolute Gasteiger partial charge is 0.268 e. The molecule has 0 aliphatic rings. The SMILES string of the molecule is COCCOc1cc2nccc(Oc3ccc(NC(=O)c4ccc(C)n(-c5ccc(F)cc5)c4=O)cc3F)c2nc1OC. The second kappa shape index (κ2) is 12.7. The Balaban J connectivity index is 1.37. The first-order valence-corrected chi connectivity index (χ1v) is 13.0. The topological polar surface area (TPSA) is 114 Å². The van der Waals surface area contributed by atoms with Gasteiger partial charge >= 0.3 is 0 Å². The maximum Gasteiger partial charge on any atom is 0.268 e. The second-order valence-corrected chi connectivity index (χ2v) is 9.22. The van der Waals surface area contributed by atoms with Gasteiger partial charge in [-0.1, -0.05) is 0 Å². The van der Waals surface area contributed by atoms with Crippen molar-refractivity contribution in [3.63, 3.8) is 0 Å². The fraction of sp³-hybridized carbons (Fsp3) is 0.161. The molecule has 2 aromatic carbocycles. The number of halogens is 2. The van der Waals surface area contributed by atoms with Crippen molar-refractivity contribution in [1.82, 2.24) is 14.5 Å². The minimum absolute atomic E-state index is 0.0976. The fourth-order valence-electron chi connectivity index (χ4n) is 4.27. The number of benzene rings is 2. The number of nitrogens with one attached hydrogen (secondary N) is 1. The van der Waals surface area contributed by atoms with Gasteiger partial charge in [0.05, 0.1) is 19.2 Å². The van der Waals surface area contributed by atoms with E-state index in [1.54, 1.807) is 26.2 Å². The van der Waals surface area contributed by atoms with Crippen molar-refractivity contribution in [2.45, 2.75) is 6.92 Å². The maximum atomic E-state index is 15.2. The minimum Gasteiger partial charge on any atom is -0.485 e. The molecule has 0 aliphatic carbocycles. The first-order valence-electron chi connectivity index (χ1n) is 13.0. The van der Waals surface area contributed by atoms with E-state index >= 15 is 4.39 Å². The van der Waals surface area contributed by atoms with Gasteiger partial charge in [-0.05, 0) is 55.5 Å². The molecule has 0 aliphatic heterocycles. The number of amides is 1. The average molecular weight is 589 g/mol. The van der Waals surface area contributed by atoms with Crippen LogP contribution in [0.25, 0.3) is 16.7 Å². The third kappa shape index (κ3) is 6.28. The zero-order chi connectivity index (χ0) is 30.5. The van der Waals surface area contributed by atoms with E-state index in [9.17, 15) is 14.0 Å². The number of aromatic nitrogens is 3. The molecule has 0 fully saturated rings. The van der Waals surface area contributed by atoms with Crippen LogP contribution in [0.5, 0.6) is 23.1 Å². The van der Waals surface area contributed by atoms with Gasteiger partial charge in [-0.3, -0.25) is 19.1 Å². The molecular formula is C31H26F2N4O6. The molecule has 220 valence electrons. The molecule has 12 heteroatoms. The number of pyridine rings is 3. The van der Waals surface area contributed by atoms with E-state index in [2.05, 4.69) is 15.3 Å². The Labute approximate surface area is 244 Å². The highest BCUT2D eigenvalue weighted by atomic mass is 19.1. The highest BCUT2D eigenvalue weighted by Crippen LogP contribution is 2.35. The van der Waals surface area contributed by atoms with Crippen LogP contribution in [0.2, 0.25) is 0 Å². The number of rotatable bonds is 10. The lowest BCUT2D eigenvalue weighted by Crippen LogP contribution is -2.29. The van der Waals surface area contributed by atoms with E-state index in [4.69, 9.17) is 18.9 Å². The van der Waals surface area contributed by atoms with Crippen molar-refractivity contribution in [3.8, 4) is 28.8 Å². The van der Waals surface area contributed by atoms with Crippen molar-refractivity contribution in [1.29, 1.82) is 0 Å². The largest absolute Gasteiger partial charge is 0.485 e. The van der Waals surface area contributed by atoms with Gasteiger partial charge in [-0.2, -0.15) is 0 Å². The molecule has 0 radical (unpaired) electrons. The molecule has 0 saturated heterocycles. The van der Waals surface area contributed by atoms with Gasteiger partial charge < -0.3 is 24.3 Å². The van der Waals surface area contributed by atoms with Crippen LogP contribution in [-0.4, -0.2) is 47.9 Å². The zero-order valence-electron chi connectivity index (χ0n) is 23.4. The van der Waals surface area contributed by atoms with Crippen LogP contribution in [-0.2, 0) is 4.74 Å². The van der Waals surface area contributed by atoms with E-state index in [0.717, 1.165) is 6.07 Å². The average Bonchev–Trinajstić information content (AvgIpc) is 2.99. The molecule has 3 heterocycles. The summed E-state index contributed by atoms with van der Waals surface area (Å²) in [5.74, 6) is -1.35. The number of nitrogens with zero attached hydrogens (tertiary/aromatic N) is 3. The molecule has 1 amide bonds. The second-order valence-electron chi connectivity index (χ2n) is 9.22. The van der Waals surface area contributed by atoms with Crippen LogP contribution in [0.15, 0.2) is 77.7 Å². The molecule has 10 nitrogen and oxygen atoms in total. The van der Waals surface area contributed by atoms with Crippen LogP contribution in [0, 0.1) is 18.6 Å². The quantitative estimate of drug-likeness (QED) is 0.215. The molecule has 0 unspecified atom stereocenters. The van der Waals surface area contributed by atoms with Gasteiger partial charge in [0.2, 0.25) is 0 Å². The van der Waals surface area contributed by atoms with Crippen molar-refractivity contribution in [3.05, 3.63) is 106 Å². The number of methoxy groups -OCH3 is 2. The summed E-state index contributed by atoms with van der Waals surface area (Å²) in [4.78, 5) is 34.9. The highest BCUT2D eigenvalue weighted by Gasteiger charge is 2.18. The third-order valence-corrected chi connectivity index (χ3v) is 6.36. The summed E-state index contributed by atoms with van der Waals surface area (Å²) in [7, 11) is 3.00. The van der Waals surface area contributed by atoms with Crippen molar-refractivity contribution >= 4 is 22.6 Å². The number of anilines is 1. The van der Waals surface area contributed by atoms with Crippen molar-refractivity contribution < 1.29 is 32.5 Å². The summed E-state index contributed by atoms with van der Waals surface area (Å²) in [6.07, 6.45) is 1.48. The molecule has 0 spiro atoms. The standard InChI is InChI=1S/C31H26F2N4O6/c1-18-4-10-22(31(39)37(18)21-8-5-19(32)6-9-21)29(38)35-20-7-11-25(23(33)16-20)43-26-12-13-34-24-17-27(42-15-14-40-2)30(41-3)36-28(24)26/h4-13,16-17H,14-15H2,1-3H3,(H,35,38). The lowest BCUT2D eigenvalue weighted by Gasteiger charge is -2.14. The van der Waals surface area contributed by atoms with E-state index in [1.807, 2.05) is 0 Å². The maximum absolute atomic E-state index is 15.2. The van der Waals surface area contributed by atoms with E-state index in [-0.39, 0.29) is 35.2 Å². The van der Waals surface area contributed by atoms with Crippen LogP contribution < -0.4 is 25.1 Å². The molecule has 5 rings (SSSR count). The first-order chi connectivity index (χ1) is 20.8. The normalized spacial score (nSPS) is 10.9. The molecule has 5 aromatic rings. The molecule has 0 bridgehead atoms. The lowest BCUT2D eigenvalue weighted by molar-refractivity contribution is 0.102. The van der Waals surface area contributed by atoms with Gasteiger partial charge in [0.1, 0.15) is 23.5 Å². The minimum atomic E-state index is -0.776. The predicted octanol–water partition coefficient (Wildman–Crippen LogP) is 5.45. The highest BCUT2D eigenvalue weighted by molar-refractivity contribution is 6.04. The molecule has 3 aromatic heterocycles. The Morgan fingerprint density at radius 2 is 1.72 bits per heavy atom. The third-order valence-electron chi connectivity index (χ3n) is 6.36. The summed E-state index contributed by atoms with van der Waals surface area (Å²) in [6, 6.07) is 15.3. The molecule has 1 N–H and O–H groups in total. The number of aryl methyl sites for hydroxylation is 1. The van der Waals surface area contributed by atoms with Gasteiger partial charge in [0, 0.05) is 48.6 Å². The number of carbonyl (C=O) groups is 1. The summed E-state index contributed by atoms with van der Waals surface area (Å²) in [5.41, 5.74) is 1.00. The summed E-state index contributed by atoms with van der Waals surface area (Å²) in [6.45, 7) is 2.33. The van der Waals surface area contributed by atoms with E-state index in [0.29, 0.717) is 34.8 Å². The number of hydrogen-bond acceptors (Lipinski definition) is 8. The van der Waals surface area contributed by atoms with Gasteiger partial charge in [-0.15, -0.1) is 0 Å². The van der Waals surface area contributed by atoms with Gasteiger partial charge in [-0.25, -0.2) is 13.8 Å². The van der Waals surface area contributed by atoms with Crippen LogP contribution in [0.1, 0.15) is 16.1 Å². The van der Waals surface area contributed by atoms with Crippen LogP contribution >= 0.6 is 0 Å². The molecular weight excluding hydrogens is 562 g/mol. The predicted molar refractivity (Wildman–Crippen MR) is 155 cm³/mol. The Hall–Kier alpha value is -5.36. The van der Waals surface area contributed by atoms with E-state index < -0.39 is 23.1 Å². The van der Waals surface area contributed by atoms with Crippen LogP contribution in [0.3, 0.4) is 0 Å².